The minimum atomic E-state index is -0.204. The molecule has 3 aromatic carbocycles. The molecule has 0 fully saturated rings. The Morgan fingerprint density at radius 1 is 0.906 bits per heavy atom. The Bertz CT molecular complexity index is 1440. The highest BCUT2D eigenvalue weighted by molar-refractivity contribution is 7.99. The van der Waals surface area contributed by atoms with Gasteiger partial charge in [0.2, 0.25) is 11.7 Å². The van der Waals surface area contributed by atoms with Gasteiger partial charge in [-0.1, -0.05) is 77.1 Å². The second kappa shape index (κ2) is 8.43. The molecule has 0 radical (unpaired) electrons. The first-order valence-electron chi connectivity index (χ1n) is 10.2. The van der Waals surface area contributed by atoms with Gasteiger partial charge in [0.05, 0.1) is 21.8 Å². The van der Waals surface area contributed by atoms with E-state index in [0.717, 1.165) is 16.8 Å². The van der Waals surface area contributed by atoms with Crippen molar-refractivity contribution in [3.8, 4) is 17.1 Å². The fraction of sp³-hybridized carbons (Fsp3) is 0.120. The molecule has 2 aromatic heterocycles. The van der Waals surface area contributed by atoms with Gasteiger partial charge < -0.3 is 4.52 Å². The molecule has 0 spiro atoms. The van der Waals surface area contributed by atoms with Crippen molar-refractivity contribution in [2.24, 2.45) is 0 Å². The predicted molar refractivity (Wildman–Crippen MR) is 126 cm³/mol. The predicted octanol–water partition coefficient (Wildman–Crippen LogP) is 5.60. The van der Waals surface area contributed by atoms with E-state index in [1.165, 1.54) is 11.8 Å². The highest BCUT2D eigenvalue weighted by Crippen LogP contribution is 2.34. The zero-order valence-corrected chi connectivity index (χ0v) is 18.4. The summed E-state index contributed by atoms with van der Waals surface area (Å²) in [7, 11) is 0. The lowest BCUT2D eigenvalue weighted by Gasteiger charge is -2.15. The molecule has 0 aliphatic rings. The SMILES string of the molecule is Cc1ccc(-n2c(SC(C)c3nc(-c4ccccc4)no3)nc3ccccc3c2=O)cc1. The van der Waals surface area contributed by atoms with Crippen LogP contribution < -0.4 is 5.56 Å². The van der Waals surface area contributed by atoms with Crippen molar-refractivity contribution in [1.82, 2.24) is 19.7 Å². The fourth-order valence-electron chi connectivity index (χ4n) is 3.43. The summed E-state index contributed by atoms with van der Waals surface area (Å²) in [5.41, 5.74) is 3.33. The largest absolute Gasteiger partial charge is 0.338 e. The minimum absolute atomic E-state index is 0.107. The van der Waals surface area contributed by atoms with Crippen LogP contribution in [-0.4, -0.2) is 19.7 Å². The van der Waals surface area contributed by atoms with Gasteiger partial charge in [-0.15, -0.1) is 0 Å². The van der Waals surface area contributed by atoms with Gasteiger partial charge in [-0.25, -0.2) is 4.98 Å². The fourth-order valence-corrected chi connectivity index (χ4v) is 4.38. The highest BCUT2D eigenvalue weighted by atomic mass is 32.2. The Morgan fingerprint density at radius 3 is 2.41 bits per heavy atom. The van der Waals surface area contributed by atoms with Crippen molar-refractivity contribution in [2.45, 2.75) is 24.3 Å². The van der Waals surface area contributed by atoms with Crippen molar-refractivity contribution >= 4 is 22.7 Å². The zero-order chi connectivity index (χ0) is 22.1. The lowest BCUT2D eigenvalue weighted by Crippen LogP contribution is -2.22. The second-order valence-electron chi connectivity index (χ2n) is 7.47. The molecular weight excluding hydrogens is 420 g/mol. The molecule has 0 aliphatic carbocycles. The lowest BCUT2D eigenvalue weighted by atomic mass is 10.2. The topological polar surface area (TPSA) is 73.8 Å². The summed E-state index contributed by atoms with van der Waals surface area (Å²) in [5.74, 6) is 1.02. The maximum atomic E-state index is 13.4. The van der Waals surface area contributed by atoms with Crippen LogP contribution in [0.5, 0.6) is 0 Å². The van der Waals surface area contributed by atoms with Crippen molar-refractivity contribution in [2.75, 3.05) is 0 Å². The number of benzene rings is 3. The van der Waals surface area contributed by atoms with Gasteiger partial charge in [0, 0.05) is 5.56 Å². The third-order valence-corrected chi connectivity index (χ3v) is 6.18. The van der Waals surface area contributed by atoms with Gasteiger partial charge in [0.15, 0.2) is 5.16 Å². The van der Waals surface area contributed by atoms with E-state index < -0.39 is 0 Å². The van der Waals surface area contributed by atoms with Gasteiger partial charge in [-0.3, -0.25) is 9.36 Å². The summed E-state index contributed by atoms with van der Waals surface area (Å²) in [6, 6.07) is 24.9. The van der Waals surface area contributed by atoms with Crippen LogP contribution in [0.15, 0.2) is 93.3 Å². The molecular formula is C25H20N4O2S. The third kappa shape index (κ3) is 3.83. The number of hydrogen-bond acceptors (Lipinski definition) is 6. The molecule has 0 bridgehead atoms. The molecule has 7 heteroatoms. The smallest absolute Gasteiger partial charge is 0.266 e. The molecule has 32 heavy (non-hydrogen) atoms. The first-order valence-corrected chi connectivity index (χ1v) is 11.1. The van der Waals surface area contributed by atoms with Gasteiger partial charge in [-0.05, 0) is 38.1 Å². The Kier molecular flexibility index (Phi) is 5.33. The summed E-state index contributed by atoms with van der Waals surface area (Å²) >= 11 is 1.42. The van der Waals surface area contributed by atoms with Crippen LogP contribution in [0.3, 0.4) is 0 Å². The third-order valence-electron chi connectivity index (χ3n) is 5.14. The Balaban J connectivity index is 1.56. The minimum Gasteiger partial charge on any atom is -0.338 e. The van der Waals surface area contributed by atoms with Crippen LogP contribution in [0, 0.1) is 6.92 Å². The van der Waals surface area contributed by atoms with Gasteiger partial charge in [0.25, 0.3) is 5.56 Å². The van der Waals surface area contributed by atoms with E-state index in [-0.39, 0.29) is 10.8 Å². The lowest BCUT2D eigenvalue weighted by molar-refractivity contribution is 0.380. The van der Waals surface area contributed by atoms with E-state index in [1.54, 1.807) is 10.6 Å². The van der Waals surface area contributed by atoms with E-state index in [0.29, 0.717) is 27.8 Å². The first-order chi connectivity index (χ1) is 15.6. The zero-order valence-electron chi connectivity index (χ0n) is 17.6. The number of aromatic nitrogens is 4. The number of thioether (sulfide) groups is 1. The molecule has 1 unspecified atom stereocenters. The molecule has 0 saturated carbocycles. The van der Waals surface area contributed by atoms with Crippen molar-refractivity contribution < 1.29 is 4.52 Å². The van der Waals surface area contributed by atoms with Crippen LogP contribution in [0.4, 0.5) is 0 Å². The van der Waals surface area contributed by atoms with Crippen LogP contribution in [0.25, 0.3) is 28.0 Å². The number of aryl methyl sites for hydroxylation is 1. The summed E-state index contributed by atoms with van der Waals surface area (Å²) in [5, 5.41) is 5.07. The van der Waals surface area contributed by atoms with Gasteiger partial charge in [-0.2, -0.15) is 4.98 Å². The van der Waals surface area contributed by atoms with Crippen LogP contribution in [0.2, 0.25) is 0 Å². The van der Waals surface area contributed by atoms with Crippen molar-refractivity contribution in [1.29, 1.82) is 0 Å². The molecule has 1 atom stereocenters. The van der Waals surface area contributed by atoms with Crippen LogP contribution >= 0.6 is 11.8 Å². The molecule has 0 saturated heterocycles. The second-order valence-corrected chi connectivity index (χ2v) is 8.78. The van der Waals surface area contributed by atoms with Crippen molar-refractivity contribution in [3.63, 3.8) is 0 Å². The molecule has 5 aromatic rings. The summed E-state index contributed by atoms with van der Waals surface area (Å²) in [4.78, 5) is 22.8. The normalized spacial score (nSPS) is 12.2. The quantitative estimate of drug-likeness (QED) is 0.262. The van der Waals surface area contributed by atoms with Crippen LogP contribution in [-0.2, 0) is 0 Å². The van der Waals surface area contributed by atoms with E-state index in [2.05, 4.69) is 10.1 Å². The maximum absolute atomic E-state index is 13.4. The molecule has 0 N–H and O–H groups in total. The van der Waals surface area contributed by atoms with E-state index >= 15 is 0 Å². The summed E-state index contributed by atoms with van der Waals surface area (Å²) < 4.78 is 7.19. The van der Waals surface area contributed by atoms with E-state index in [9.17, 15) is 4.79 Å². The molecule has 0 aliphatic heterocycles. The summed E-state index contributed by atoms with van der Waals surface area (Å²) in [6.07, 6.45) is 0. The average molecular weight is 441 g/mol. The van der Waals surface area contributed by atoms with Gasteiger partial charge >= 0.3 is 0 Å². The number of hydrogen-bond donors (Lipinski definition) is 0. The Labute approximate surface area is 188 Å². The monoisotopic (exact) mass is 440 g/mol. The standard InChI is InChI=1S/C25H20N4O2S/c1-16-12-14-19(15-13-16)29-24(30)20-10-6-7-11-21(20)26-25(29)32-17(2)23-27-22(28-31-23)18-8-4-3-5-9-18/h3-15,17H,1-2H3. The van der Waals surface area contributed by atoms with Crippen LogP contribution in [0.1, 0.15) is 23.6 Å². The highest BCUT2D eigenvalue weighted by Gasteiger charge is 2.21. The molecule has 6 nitrogen and oxygen atoms in total. The van der Waals surface area contributed by atoms with E-state index in [4.69, 9.17) is 9.51 Å². The van der Waals surface area contributed by atoms with Gasteiger partial charge in [0.1, 0.15) is 0 Å². The Hall–Kier alpha value is -3.71. The first kappa shape index (κ1) is 20.2. The molecule has 2 heterocycles. The number of rotatable bonds is 5. The number of nitrogens with zero attached hydrogens (tertiary/aromatic N) is 4. The van der Waals surface area contributed by atoms with Crippen molar-refractivity contribution in [3.05, 3.63) is 101 Å². The Morgan fingerprint density at radius 2 is 1.62 bits per heavy atom. The molecule has 0 amide bonds. The number of fused-ring (bicyclic) bond motifs is 1. The maximum Gasteiger partial charge on any atom is 0.266 e. The molecule has 158 valence electrons. The van der Waals surface area contributed by atoms with E-state index in [1.807, 2.05) is 86.6 Å². The molecule has 5 rings (SSSR count). The number of para-hydroxylation sites is 1. The summed E-state index contributed by atoms with van der Waals surface area (Å²) in [6.45, 7) is 3.98. The average Bonchev–Trinajstić information content (AvgIpc) is 3.32.